The molecule has 0 aromatic heterocycles. The molecule has 2 fully saturated rings. The minimum absolute atomic E-state index is 0.0429. The van der Waals surface area contributed by atoms with E-state index in [4.69, 9.17) is 0 Å². The van der Waals surface area contributed by atoms with Gasteiger partial charge >= 0.3 is 0 Å². The fraction of sp³-hybridized carbons (Fsp3) is 1.00. The van der Waals surface area contributed by atoms with Crippen LogP contribution in [-0.2, 0) is 0 Å². The third-order valence-electron chi connectivity index (χ3n) is 3.59. The quantitative estimate of drug-likeness (QED) is 0.749. The highest BCUT2D eigenvalue weighted by Gasteiger charge is 2.32. The van der Waals surface area contributed by atoms with Crippen molar-refractivity contribution < 1.29 is 5.11 Å². The summed E-state index contributed by atoms with van der Waals surface area (Å²) in [6, 6.07) is 0.747. The van der Waals surface area contributed by atoms with E-state index >= 15 is 0 Å². The van der Waals surface area contributed by atoms with Gasteiger partial charge in [-0.1, -0.05) is 13.8 Å². The number of aliphatic hydroxyl groups excluding tert-OH is 1. The van der Waals surface area contributed by atoms with Crippen molar-refractivity contribution in [3.8, 4) is 0 Å². The second-order valence-electron chi connectivity index (χ2n) is 5.53. The lowest BCUT2D eigenvalue weighted by atomic mass is 9.98. The average Bonchev–Trinajstić information content (AvgIpc) is 2.14. The molecule has 1 N–H and O–H groups in total. The van der Waals surface area contributed by atoms with Crippen molar-refractivity contribution >= 4 is 0 Å². The molecule has 0 spiro atoms. The smallest absolute Gasteiger partial charge is 0.0794 e. The Labute approximate surface area is 93.1 Å². The molecule has 88 valence electrons. The number of piperidine rings is 1. The Kier molecular flexibility index (Phi) is 3.65. The van der Waals surface area contributed by atoms with E-state index in [2.05, 4.69) is 23.6 Å². The summed E-state index contributed by atoms with van der Waals surface area (Å²) in [6.45, 7) is 10.1. The molecule has 0 radical (unpaired) electrons. The van der Waals surface area contributed by atoms with Gasteiger partial charge in [0.15, 0.2) is 0 Å². The Morgan fingerprint density at radius 3 is 2.27 bits per heavy atom. The van der Waals surface area contributed by atoms with Crippen LogP contribution in [-0.4, -0.2) is 59.8 Å². The van der Waals surface area contributed by atoms with Crippen LogP contribution in [0.2, 0.25) is 0 Å². The summed E-state index contributed by atoms with van der Waals surface area (Å²) in [7, 11) is 0. The van der Waals surface area contributed by atoms with Crippen molar-refractivity contribution in [2.75, 3.05) is 32.7 Å². The van der Waals surface area contributed by atoms with E-state index in [0.717, 1.165) is 25.0 Å². The minimum Gasteiger partial charge on any atom is -0.390 e. The van der Waals surface area contributed by atoms with Gasteiger partial charge in [0.05, 0.1) is 6.10 Å². The molecule has 0 atom stereocenters. The maximum Gasteiger partial charge on any atom is 0.0794 e. The van der Waals surface area contributed by atoms with Crippen LogP contribution in [0, 0.1) is 5.92 Å². The van der Waals surface area contributed by atoms with Crippen LogP contribution < -0.4 is 0 Å². The van der Waals surface area contributed by atoms with Gasteiger partial charge in [0, 0.05) is 25.7 Å². The Hall–Kier alpha value is -0.120. The molecule has 0 saturated carbocycles. The lowest BCUT2D eigenvalue weighted by molar-refractivity contribution is -0.0402. The van der Waals surface area contributed by atoms with Crippen LogP contribution >= 0.6 is 0 Å². The average molecular weight is 212 g/mol. The molecule has 0 bridgehead atoms. The lowest BCUT2D eigenvalue weighted by Crippen LogP contribution is -2.57. The largest absolute Gasteiger partial charge is 0.390 e. The third-order valence-corrected chi connectivity index (χ3v) is 3.59. The Morgan fingerprint density at radius 1 is 1.20 bits per heavy atom. The number of hydrogen-bond acceptors (Lipinski definition) is 3. The summed E-state index contributed by atoms with van der Waals surface area (Å²) in [4.78, 5) is 5.02. The van der Waals surface area contributed by atoms with Gasteiger partial charge in [-0.3, -0.25) is 4.90 Å². The molecule has 0 aromatic carbocycles. The number of aliphatic hydroxyl groups is 1. The Balaban J connectivity index is 1.68. The van der Waals surface area contributed by atoms with Crippen LogP contribution in [0.1, 0.15) is 26.7 Å². The topological polar surface area (TPSA) is 26.7 Å². The molecule has 2 aliphatic heterocycles. The zero-order chi connectivity index (χ0) is 10.8. The number of likely N-dealkylation sites (tertiary alicyclic amines) is 2. The Bertz CT molecular complexity index is 194. The van der Waals surface area contributed by atoms with Crippen molar-refractivity contribution in [2.45, 2.75) is 38.8 Å². The van der Waals surface area contributed by atoms with Crippen molar-refractivity contribution in [3.05, 3.63) is 0 Å². The summed E-state index contributed by atoms with van der Waals surface area (Å²) in [5.74, 6) is 0.785. The second kappa shape index (κ2) is 4.81. The first-order valence-corrected chi connectivity index (χ1v) is 6.29. The first-order valence-electron chi connectivity index (χ1n) is 6.29. The lowest BCUT2D eigenvalue weighted by Gasteiger charge is -2.45. The zero-order valence-corrected chi connectivity index (χ0v) is 10.0. The maximum atomic E-state index is 9.27. The van der Waals surface area contributed by atoms with Crippen molar-refractivity contribution in [3.63, 3.8) is 0 Å². The molecule has 0 unspecified atom stereocenters. The van der Waals surface area contributed by atoms with Gasteiger partial charge in [0.1, 0.15) is 0 Å². The van der Waals surface area contributed by atoms with E-state index in [9.17, 15) is 5.11 Å². The van der Waals surface area contributed by atoms with E-state index in [-0.39, 0.29) is 6.10 Å². The van der Waals surface area contributed by atoms with E-state index in [0.29, 0.717) is 0 Å². The number of hydrogen-bond donors (Lipinski definition) is 1. The van der Waals surface area contributed by atoms with E-state index in [1.807, 2.05) is 0 Å². The van der Waals surface area contributed by atoms with E-state index < -0.39 is 0 Å². The van der Waals surface area contributed by atoms with Crippen molar-refractivity contribution in [1.82, 2.24) is 9.80 Å². The molecule has 2 heterocycles. The summed E-state index contributed by atoms with van der Waals surface area (Å²) >= 11 is 0. The fourth-order valence-electron chi connectivity index (χ4n) is 2.77. The van der Waals surface area contributed by atoms with Gasteiger partial charge < -0.3 is 10.0 Å². The highest BCUT2D eigenvalue weighted by Crippen LogP contribution is 2.21. The molecular weight excluding hydrogens is 188 g/mol. The first-order chi connectivity index (χ1) is 7.15. The molecular formula is C12H24N2O. The van der Waals surface area contributed by atoms with Gasteiger partial charge in [-0.15, -0.1) is 0 Å². The zero-order valence-electron chi connectivity index (χ0n) is 10.0. The van der Waals surface area contributed by atoms with Gasteiger partial charge in [0.2, 0.25) is 0 Å². The second-order valence-corrected chi connectivity index (χ2v) is 5.53. The SMILES string of the molecule is CC(C)CN1CCC(N2CC(O)C2)CC1. The maximum absolute atomic E-state index is 9.27. The van der Waals surface area contributed by atoms with Crippen LogP contribution in [0.5, 0.6) is 0 Å². The third kappa shape index (κ3) is 2.92. The summed E-state index contributed by atoms with van der Waals surface area (Å²) in [5.41, 5.74) is 0. The van der Waals surface area contributed by atoms with Crippen LogP contribution in [0.4, 0.5) is 0 Å². The van der Waals surface area contributed by atoms with Gasteiger partial charge in [0.25, 0.3) is 0 Å². The molecule has 15 heavy (non-hydrogen) atoms. The van der Waals surface area contributed by atoms with Crippen LogP contribution in [0.3, 0.4) is 0 Å². The summed E-state index contributed by atoms with van der Waals surface area (Å²) in [6.07, 6.45) is 2.54. The first kappa shape index (κ1) is 11.4. The van der Waals surface area contributed by atoms with Gasteiger partial charge in [-0.25, -0.2) is 0 Å². The van der Waals surface area contributed by atoms with E-state index in [1.165, 1.54) is 32.5 Å². The molecule has 3 nitrogen and oxygen atoms in total. The number of rotatable bonds is 3. The minimum atomic E-state index is -0.0429. The molecule has 2 rings (SSSR count). The van der Waals surface area contributed by atoms with E-state index in [1.54, 1.807) is 0 Å². The molecule has 3 heteroatoms. The van der Waals surface area contributed by atoms with Crippen molar-refractivity contribution in [1.29, 1.82) is 0 Å². The van der Waals surface area contributed by atoms with Crippen molar-refractivity contribution in [2.24, 2.45) is 5.92 Å². The predicted octanol–water partition coefficient (Wildman–Crippen LogP) is 0.783. The van der Waals surface area contributed by atoms with Crippen LogP contribution in [0.15, 0.2) is 0 Å². The monoisotopic (exact) mass is 212 g/mol. The highest BCUT2D eigenvalue weighted by atomic mass is 16.3. The molecule has 2 aliphatic rings. The van der Waals surface area contributed by atoms with Crippen LogP contribution in [0.25, 0.3) is 0 Å². The molecule has 0 aliphatic carbocycles. The number of nitrogens with zero attached hydrogens (tertiary/aromatic N) is 2. The molecule has 0 amide bonds. The Morgan fingerprint density at radius 2 is 1.80 bits per heavy atom. The van der Waals surface area contributed by atoms with Gasteiger partial charge in [-0.05, 0) is 31.8 Å². The van der Waals surface area contributed by atoms with Gasteiger partial charge in [-0.2, -0.15) is 0 Å². The molecule has 0 aromatic rings. The standard InChI is InChI=1S/C12H24N2O/c1-10(2)7-13-5-3-11(4-6-13)14-8-12(15)9-14/h10-12,15H,3-9H2,1-2H3. The molecule has 2 saturated heterocycles. The predicted molar refractivity (Wildman–Crippen MR) is 61.9 cm³/mol. The number of β-amino-alcohol motifs (C(OH)–C–C–N with tert-alkyl or cyclic N) is 1. The highest BCUT2D eigenvalue weighted by molar-refractivity contribution is 4.88. The summed E-state index contributed by atoms with van der Waals surface area (Å²) < 4.78 is 0. The normalized spacial score (nSPS) is 27.2. The summed E-state index contributed by atoms with van der Waals surface area (Å²) in [5, 5.41) is 9.27. The fourth-order valence-corrected chi connectivity index (χ4v) is 2.77.